The van der Waals surface area contributed by atoms with Gasteiger partial charge in [-0.15, -0.1) is 11.3 Å². The Kier molecular flexibility index (Phi) is 4.23. The Balaban J connectivity index is 2.31. The molecule has 0 atom stereocenters. The zero-order chi connectivity index (χ0) is 15.6. The van der Waals surface area contributed by atoms with E-state index in [1.807, 2.05) is 6.92 Å². The summed E-state index contributed by atoms with van der Waals surface area (Å²) in [4.78, 5) is 23.9. The van der Waals surface area contributed by atoms with E-state index >= 15 is 0 Å². The van der Waals surface area contributed by atoms with Gasteiger partial charge in [-0.2, -0.15) is 0 Å². The zero-order valence-corrected chi connectivity index (χ0v) is 11.8. The molecular formula is C14H12FNO4S. The molecule has 0 bridgehead atoms. The Morgan fingerprint density at radius 3 is 2.57 bits per heavy atom. The number of carboxylic acids is 1. The quantitative estimate of drug-likeness (QED) is 0.810. The monoisotopic (exact) mass is 309 g/mol. The standard InChI is InChI=1S/C14H12FNO4S/c1-2-8-6-10(14(19)20)13(21-8)16-12(18)9-4-3-7(17)5-11(9)15/h3-6,17H,2H2,1H3,(H,16,18)(H,19,20). The van der Waals surface area contributed by atoms with Crippen LogP contribution in [0.3, 0.4) is 0 Å². The molecule has 0 aliphatic rings. The molecule has 0 saturated carbocycles. The topological polar surface area (TPSA) is 86.6 Å². The van der Waals surface area contributed by atoms with Crippen molar-refractivity contribution in [2.45, 2.75) is 13.3 Å². The Bertz CT molecular complexity index is 711. The van der Waals surface area contributed by atoms with Gasteiger partial charge >= 0.3 is 5.97 Å². The van der Waals surface area contributed by atoms with Crippen LogP contribution < -0.4 is 5.32 Å². The van der Waals surface area contributed by atoms with E-state index in [-0.39, 0.29) is 21.9 Å². The number of carbonyl (C=O) groups is 2. The number of carboxylic acid groups (broad SMARTS) is 1. The van der Waals surface area contributed by atoms with Crippen molar-refractivity contribution in [3.63, 3.8) is 0 Å². The predicted octanol–water partition coefficient (Wildman–Crippen LogP) is 3.11. The highest BCUT2D eigenvalue weighted by atomic mass is 32.1. The van der Waals surface area contributed by atoms with E-state index in [1.54, 1.807) is 0 Å². The van der Waals surface area contributed by atoms with Crippen LogP contribution in [0.15, 0.2) is 24.3 Å². The van der Waals surface area contributed by atoms with Crippen LogP contribution in [0.2, 0.25) is 0 Å². The van der Waals surface area contributed by atoms with Crippen LogP contribution >= 0.6 is 11.3 Å². The molecule has 1 aromatic heterocycles. The molecule has 7 heteroatoms. The SMILES string of the molecule is CCc1cc(C(=O)O)c(NC(=O)c2ccc(O)cc2F)s1. The molecule has 0 spiro atoms. The number of phenolic OH excluding ortho intramolecular Hbond substituents is 1. The fraction of sp³-hybridized carbons (Fsp3) is 0.143. The van der Waals surface area contributed by atoms with E-state index in [4.69, 9.17) is 10.2 Å². The molecule has 0 aliphatic heterocycles. The van der Waals surface area contributed by atoms with Crippen molar-refractivity contribution in [3.8, 4) is 5.75 Å². The first-order chi connectivity index (χ1) is 9.92. The van der Waals surface area contributed by atoms with E-state index in [9.17, 15) is 14.0 Å². The summed E-state index contributed by atoms with van der Waals surface area (Å²) in [5.74, 6) is -3.09. The maximum absolute atomic E-state index is 13.6. The molecule has 0 saturated heterocycles. The van der Waals surface area contributed by atoms with E-state index < -0.39 is 17.7 Å². The lowest BCUT2D eigenvalue weighted by molar-refractivity contribution is 0.0698. The summed E-state index contributed by atoms with van der Waals surface area (Å²) in [6.45, 7) is 1.86. The van der Waals surface area contributed by atoms with Gasteiger partial charge in [-0.05, 0) is 24.6 Å². The first-order valence-electron chi connectivity index (χ1n) is 6.08. The van der Waals surface area contributed by atoms with Gasteiger partial charge in [0, 0.05) is 10.9 Å². The Morgan fingerprint density at radius 2 is 2.00 bits per heavy atom. The van der Waals surface area contributed by atoms with Crippen LogP contribution in [0.25, 0.3) is 0 Å². The number of aryl methyl sites for hydroxylation is 1. The van der Waals surface area contributed by atoms with Gasteiger partial charge in [0.2, 0.25) is 0 Å². The van der Waals surface area contributed by atoms with Crippen LogP contribution in [0.4, 0.5) is 9.39 Å². The molecule has 0 aliphatic carbocycles. The molecule has 0 unspecified atom stereocenters. The largest absolute Gasteiger partial charge is 0.508 e. The van der Waals surface area contributed by atoms with Gasteiger partial charge in [-0.3, -0.25) is 4.79 Å². The molecule has 0 radical (unpaired) electrons. The van der Waals surface area contributed by atoms with Crippen LogP contribution in [-0.2, 0) is 6.42 Å². The molecule has 1 heterocycles. The number of amides is 1. The van der Waals surface area contributed by atoms with Crippen molar-refractivity contribution in [1.82, 2.24) is 0 Å². The highest BCUT2D eigenvalue weighted by Crippen LogP contribution is 2.29. The maximum Gasteiger partial charge on any atom is 0.338 e. The third kappa shape index (κ3) is 3.19. The lowest BCUT2D eigenvalue weighted by atomic mass is 10.2. The number of benzene rings is 1. The number of aromatic hydroxyl groups is 1. The number of thiophene rings is 1. The van der Waals surface area contributed by atoms with Crippen molar-refractivity contribution >= 4 is 28.2 Å². The van der Waals surface area contributed by atoms with Crippen molar-refractivity contribution in [2.75, 3.05) is 5.32 Å². The molecular weight excluding hydrogens is 297 g/mol. The highest BCUT2D eigenvalue weighted by Gasteiger charge is 2.19. The molecule has 21 heavy (non-hydrogen) atoms. The van der Waals surface area contributed by atoms with Crippen LogP contribution in [-0.4, -0.2) is 22.1 Å². The molecule has 2 rings (SSSR count). The lowest BCUT2D eigenvalue weighted by Gasteiger charge is -2.05. The van der Waals surface area contributed by atoms with Crippen LogP contribution in [0, 0.1) is 5.82 Å². The number of aromatic carboxylic acids is 1. The average molecular weight is 309 g/mol. The van der Waals surface area contributed by atoms with E-state index in [2.05, 4.69) is 5.32 Å². The second kappa shape index (κ2) is 5.92. The number of halogens is 1. The Morgan fingerprint density at radius 1 is 1.29 bits per heavy atom. The molecule has 0 fully saturated rings. The number of rotatable bonds is 4. The first-order valence-corrected chi connectivity index (χ1v) is 6.90. The van der Waals surface area contributed by atoms with Gasteiger partial charge in [0.15, 0.2) is 0 Å². The molecule has 5 nitrogen and oxygen atoms in total. The lowest BCUT2D eigenvalue weighted by Crippen LogP contribution is -2.14. The normalized spacial score (nSPS) is 10.4. The number of carbonyl (C=O) groups excluding carboxylic acids is 1. The van der Waals surface area contributed by atoms with Crippen molar-refractivity contribution in [3.05, 3.63) is 46.1 Å². The number of nitrogens with one attached hydrogen (secondary N) is 1. The third-order valence-corrected chi connectivity index (χ3v) is 3.98. The summed E-state index contributed by atoms with van der Waals surface area (Å²) in [6.07, 6.45) is 0.633. The molecule has 2 aromatic rings. The summed E-state index contributed by atoms with van der Waals surface area (Å²) in [6, 6.07) is 4.62. The average Bonchev–Trinajstić information content (AvgIpc) is 2.81. The van der Waals surface area contributed by atoms with Gasteiger partial charge in [0.25, 0.3) is 5.91 Å². The second-order valence-electron chi connectivity index (χ2n) is 4.23. The fourth-order valence-corrected chi connectivity index (χ4v) is 2.71. The van der Waals surface area contributed by atoms with E-state index in [0.29, 0.717) is 6.42 Å². The zero-order valence-electron chi connectivity index (χ0n) is 11.0. The molecule has 1 amide bonds. The highest BCUT2D eigenvalue weighted by molar-refractivity contribution is 7.16. The maximum atomic E-state index is 13.6. The molecule has 3 N–H and O–H groups in total. The summed E-state index contributed by atoms with van der Waals surface area (Å²) >= 11 is 1.14. The predicted molar refractivity (Wildman–Crippen MR) is 76.7 cm³/mol. The summed E-state index contributed by atoms with van der Waals surface area (Å²) < 4.78 is 13.6. The van der Waals surface area contributed by atoms with Crippen LogP contribution in [0.5, 0.6) is 5.75 Å². The van der Waals surface area contributed by atoms with Gasteiger partial charge in [-0.25, -0.2) is 9.18 Å². The minimum Gasteiger partial charge on any atom is -0.508 e. The smallest absolute Gasteiger partial charge is 0.338 e. The Labute approximate surface area is 123 Å². The second-order valence-corrected chi connectivity index (χ2v) is 5.37. The van der Waals surface area contributed by atoms with Crippen molar-refractivity contribution < 1.29 is 24.2 Å². The van der Waals surface area contributed by atoms with Gasteiger partial charge in [0.1, 0.15) is 16.6 Å². The molecule has 110 valence electrons. The Hall–Kier alpha value is -2.41. The number of anilines is 1. The number of phenols is 1. The van der Waals surface area contributed by atoms with E-state index in [1.165, 1.54) is 12.1 Å². The molecule has 1 aromatic carbocycles. The van der Waals surface area contributed by atoms with Crippen LogP contribution in [0.1, 0.15) is 32.5 Å². The third-order valence-electron chi connectivity index (χ3n) is 2.79. The summed E-state index contributed by atoms with van der Waals surface area (Å²) in [5, 5.41) is 20.8. The fourth-order valence-electron chi connectivity index (χ4n) is 1.73. The van der Waals surface area contributed by atoms with E-state index in [0.717, 1.165) is 28.3 Å². The summed E-state index contributed by atoms with van der Waals surface area (Å²) in [7, 11) is 0. The van der Waals surface area contributed by atoms with Crippen molar-refractivity contribution in [1.29, 1.82) is 0 Å². The number of hydrogen-bond donors (Lipinski definition) is 3. The van der Waals surface area contributed by atoms with Crippen molar-refractivity contribution in [2.24, 2.45) is 0 Å². The van der Waals surface area contributed by atoms with Gasteiger partial charge in [0.05, 0.1) is 11.1 Å². The van der Waals surface area contributed by atoms with Gasteiger partial charge < -0.3 is 15.5 Å². The minimum atomic E-state index is -1.16. The summed E-state index contributed by atoms with van der Waals surface area (Å²) in [5.41, 5.74) is -0.292. The first kappa shape index (κ1) is 15.0. The van der Waals surface area contributed by atoms with Gasteiger partial charge in [-0.1, -0.05) is 6.92 Å². The minimum absolute atomic E-state index is 0.0237. The number of hydrogen-bond acceptors (Lipinski definition) is 4.